The van der Waals surface area contributed by atoms with Crippen molar-refractivity contribution in [1.29, 1.82) is 0 Å². The fourth-order valence-electron chi connectivity index (χ4n) is 3.36. The number of hydrogen-bond acceptors (Lipinski definition) is 8. The predicted octanol–water partition coefficient (Wildman–Crippen LogP) is 1.54. The molecule has 2 aromatic heterocycles. The van der Waals surface area contributed by atoms with Crippen molar-refractivity contribution in [2.24, 2.45) is 0 Å². The molecule has 1 saturated heterocycles. The predicted molar refractivity (Wildman–Crippen MR) is 119 cm³/mol. The summed E-state index contributed by atoms with van der Waals surface area (Å²) < 4.78 is 32.2. The highest BCUT2D eigenvalue weighted by Gasteiger charge is 2.27. The van der Waals surface area contributed by atoms with Crippen molar-refractivity contribution in [2.45, 2.75) is 39.2 Å². The summed E-state index contributed by atoms with van der Waals surface area (Å²) in [7, 11) is 0. The van der Waals surface area contributed by atoms with Gasteiger partial charge in [0.05, 0.1) is 37.1 Å². The van der Waals surface area contributed by atoms with Crippen molar-refractivity contribution >= 4 is 17.5 Å². The molecule has 1 atom stereocenters. The molecule has 0 radical (unpaired) electrons. The monoisotopic (exact) mass is 465 g/mol. The Bertz CT molecular complexity index is 987. The molecule has 0 unspecified atom stereocenters. The summed E-state index contributed by atoms with van der Waals surface area (Å²) in [6.45, 7) is 7.14. The molecular formula is C21H29F2N7O3. The second kappa shape index (κ2) is 10.6. The van der Waals surface area contributed by atoms with Gasteiger partial charge in [-0.1, -0.05) is 0 Å². The van der Waals surface area contributed by atoms with Gasteiger partial charge >= 0.3 is 0 Å². The third-order valence-corrected chi connectivity index (χ3v) is 5.39. The number of alkyl halides is 2. The van der Waals surface area contributed by atoms with Gasteiger partial charge < -0.3 is 19.9 Å². The van der Waals surface area contributed by atoms with Crippen LogP contribution in [0.2, 0.25) is 0 Å². The molecule has 2 N–H and O–H groups in total. The number of piperazine rings is 1. The number of aromatic nitrogens is 4. The van der Waals surface area contributed by atoms with Crippen LogP contribution in [-0.4, -0.2) is 76.4 Å². The van der Waals surface area contributed by atoms with Crippen LogP contribution in [-0.2, 0) is 15.5 Å². The molecule has 1 fully saturated rings. The lowest BCUT2D eigenvalue weighted by Gasteiger charge is -2.34. The quantitative estimate of drug-likeness (QED) is 0.536. The first-order valence-electron chi connectivity index (χ1n) is 10.8. The molecule has 1 aliphatic heterocycles. The number of halogens is 2. The van der Waals surface area contributed by atoms with Gasteiger partial charge in [0.15, 0.2) is 0 Å². The average molecular weight is 466 g/mol. The van der Waals surface area contributed by atoms with Crippen molar-refractivity contribution < 1.29 is 18.3 Å². The zero-order valence-electron chi connectivity index (χ0n) is 19.0. The Kier molecular flexibility index (Phi) is 7.90. The third kappa shape index (κ3) is 6.67. The number of aromatic amines is 1. The molecular weight excluding hydrogens is 436 g/mol. The molecule has 33 heavy (non-hydrogen) atoms. The SMILES string of the molecule is Cc1c(N[C@@H](C)COCCC(=O)N2CCN(c3ncc(C(C)(F)F)cn3)CC2)cn[nH]c1=O. The van der Waals surface area contributed by atoms with Crippen molar-refractivity contribution in [2.75, 3.05) is 49.6 Å². The highest BCUT2D eigenvalue weighted by molar-refractivity contribution is 5.76. The Hall–Kier alpha value is -3.15. The second-order valence-corrected chi connectivity index (χ2v) is 8.14. The topological polar surface area (TPSA) is 116 Å². The highest BCUT2D eigenvalue weighted by atomic mass is 19.3. The van der Waals surface area contributed by atoms with Gasteiger partial charge in [0.2, 0.25) is 11.9 Å². The molecule has 0 aliphatic carbocycles. The fourth-order valence-corrected chi connectivity index (χ4v) is 3.36. The number of amides is 1. The van der Waals surface area contributed by atoms with Gasteiger partial charge in [0, 0.05) is 57.1 Å². The van der Waals surface area contributed by atoms with E-state index in [1.807, 2.05) is 11.8 Å². The minimum Gasteiger partial charge on any atom is -0.379 e. The number of H-pyrrole nitrogens is 1. The third-order valence-electron chi connectivity index (χ3n) is 5.39. The Morgan fingerprint density at radius 2 is 1.91 bits per heavy atom. The lowest BCUT2D eigenvalue weighted by Crippen LogP contribution is -2.49. The van der Waals surface area contributed by atoms with Crippen LogP contribution in [0.3, 0.4) is 0 Å². The zero-order chi connectivity index (χ0) is 24.0. The van der Waals surface area contributed by atoms with Crippen LogP contribution >= 0.6 is 0 Å². The molecule has 3 rings (SSSR count). The van der Waals surface area contributed by atoms with Crippen LogP contribution in [0.1, 0.15) is 31.4 Å². The van der Waals surface area contributed by atoms with Crippen LogP contribution in [0.5, 0.6) is 0 Å². The molecule has 1 amide bonds. The van der Waals surface area contributed by atoms with Crippen molar-refractivity contribution in [1.82, 2.24) is 25.1 Å². The van der Waals surface area contributed by atoms with E-state index in [1.165, 1.54) is 0 Å². The first-order valence-corrected chi connectivity index (χ1v) is 10.8. The molecule has 0 saturated carbocycles. The summed E-state index contributed by atoms with van der Waals surface area (Å²) in [5.41, 5.74) is 0.723. The number of carbonyl (C=O) groups excluding carboxylic acids is 1. The maximum absolute atomic E-state index is 13.3. The van der Waals surface area contributed by atoms with E-state index >= 15 is 0 Å². The van der Waals surface area contributed by atoms with Gasteiger partial charge in [-0.25, -0.2) is 23.8 Å². The maximum Gasteiger partial charge on any atom is 0.273 e. The van der Waals surface area contributed by atoms with E-state index in [0.29, 0.717) is 50.0 Å². The van der Waals surface area contributed by atoms with Gasteiger partial charge in [-0.2, -0.15) is 5.10 Å². The summed E-state index contributed by atoms with van der Waals surface area (Å²) in [5.74, 6) is -2.60. The Labute approximate surface area is 190 Å². The average Bonchev–Trinajstić information content (AvgIpc) is 2.79. The number of ether oxygens (including phenoxy) is 1. The number of carbonyl (C=O) groups is 1. The van der Waals surface area contributed by atoms with E-state index in [1.54, 1.807) is 18.0 Å². The van der Waals surface area contributed by atoms with Crippen molar-refractivity contribution in [3.63, 3.8) is 0 Å². The van der Waals surface area contributed by atoms with Crippen molar-refractivity contribution in [3.8, 4) is 0 Å². The molecule has 12 heteroatoms. The van der Waals surface area contributed by atoms with Gasteiger partial charge in [-0.3, -0.25) is 9.59 Å². The van der Waals surface area contributed by atoms with Gasteiger partial charge in [0.1, 0.15) is 0 Å². The van der Waals surface area contributed by atoms with E-state index < -0.39 is 5.92 Å². The number of nitrogens with zero attached hydrogens (tertiary/aromatic N) is 5. The molecule has 0 aromatic carbocycles. The smallest absolute Gasteiger partial charge is 0.273 e. The normalized spacial score (nSPS) is 15.4. The highest BCUT2D eigenvalue weighted by Crippen LogP contribution is 2.26. The first kappa shape index (κ1) is 24.5. The van der Waals surface area contributed by atoms with Crippen LogP contribution in [0, 0.1) is 6.92 Å². The standard InChI is InChI=1S/C21H29F2N7O3/c1-14(27-17-12-26-28-19(32)15(17)2)13-33-9-4-18(31)29-5-7-30(8-6-29)20-24-10-16(11-25-20)21(3,22)23/h10-12,14H,4-9,13H2,1-3H3,(H2,27,28,32)/t14-/m0/s1. The molecule has 180 valence electrons. The number of hydrogen-bond donors (Lipinski definition) is 2. The molecule has 2 aromatic rings. The molecule has 0 bridgehead atoms. The minimum absolute atomic E-state index is 0.00760. The number of rotatable bonds is 9. The van der Waals surface area contributed by atoms with Crippen LogP contribution in [0.4, 0.5) is 20.4 Å². The van der Waals surface area contributed by atoms with Crippen LogP contribution in [0.25, 0.3) is 0 Å². The van der Waals surface area contributed by atoms with Crippen LogP contribution < -0.4 is 15.8 Å². The molecule has 1 aliphatic rings. The largest absolute Gasteiger partial charge is 0.379 e. The molecule has 3 heterocycles. The van der Waals surface area contributed by atoms with E-state index in [0.717, 1.165) is 19.3 Å². The lowest BCUT2D eigenvalue weighted by molar-refractivity contribution is -0.132. The van der Waals surface area contributed by atoms with Crippen molar-refractivity contribution in [3.05, 3.63) is 40.1 Å². The number of anilines is 2. The summed E-state index contributed by atoms with van der Waals surface area (Å²) >= 11 is 0. The molecule has 10 nitrogen and oxygen atoms in total. The zero-order valence-corrected chi connectivity index (χ0v) is 19.0. The summed E-state index contributed by atoms with van der Waals surface area (Å²) in [4.78, 5) is 35.8. The summed E-state index contributed by atoms with van der Waals surface area (Å²) in [6, 6.07) is -0.0648. The fraction of sp³-hybridized carbons (Fsp3) is 0.571. The van der Waals surface area contributed by atoms with Crippen LogP contribution in [0.15, 0.2) is 23.4 Å². The van der Waals surface area contributed by atoms with Gasteiger partial charge in [-0.05, 0) is 13.8 Å². The van der Waals surface area contributed by atoms with E-state index in [4.69, 9.17) is 4.74 Å². The summed E-state index contributed by atoms with van der Waals surface area (Å²) in [6.07, 6.45) is 4.09. The van der Waals surface area contributed by atoms with Gasteiger partial charge in [0.25, 0.3) is 11.5 Å². The lowest BCUT2D eigenvalue weighted by atomic mass is 10.2. The second-order valence-electron chi connectivity index (χ2n) is 8.14. The Morgan fingerprint density at radius 3 is 2.55 bits per heavy atom. The minimum atomic E-state index is -2.98. The Morgan fingerprint density at radius 1 is 1.24 bits per heavy atom. The van der Waals surface area contributed by atoms with E-state index in [2.05, 4.69) is 25.5 Å². The first-order chi connectivity index (χ1) is 15.6. The summed E-state index contributed by atoms with van der Waals surface area (Å²) in [5, 5.41) is 9.32. The number of nitrogens with one attached hydrogen (secondary N) is 2. The van der Waals surface area contributed by atoms with Gasteiger partial charge in [-0.15, -0.1) is 0 Å². The molecule has 0 spiro atoms. The van der Waals surface area contributed by atoms with E-state index in [9.17, 15) is 18.4 Å². The Balaban J connectivity index is 1.36. The maximum atomic E-state index is 13.3. The van der Waals surface area contributed by atoms with E-state index in [-0.39, 0.29) is 36.1 Å².